The van der Waals surface area contributed by atoms with Crippen LogP contribution < -0.4 is 5.32 Å². The summed E-state index contributed by atoms with van der Waals surface area (Å²) in [5.74, 6) is -1.04. The molecule has 1 rings (SSSR count). The Morgan fingerprint density at radius 2 is 1.88 bits per heavy atom. The van der Waals surface area contributed by atoms with Crippen LogP contribution in [-0.2, 0) is 6.54 Å². The SMILES string of the molecule is CC(NCc1c(F)ccc(Br)c1F)C(C)(C)C. The van der Waals surface area contributed by atoms with Crippen molar-refractivity contribution in [1.82, 2.24) is 5.32 Å². The molecule has 17 heavy (non-hydrogen) atoms. The van der Waals surface area contributed by atoms with Crippen LogP contribution in [0.15, 0.2) is 16.6 Å². The fraction of sp³-hybridized carbons (Fsp3) is 0.538. The summed E-state index contributed by atoms with van der Waals surface area (Å²) in [7, 11) is 0. The molecule has 1 atom stereocenters. The molecule has 1 nitrogen and oxygen atoms in total. The Bertz CT molecular complexity index is 399. The van der Waals surface area contributed by atoms with E-state index in [1.54, 1.807) is 0 Å². The first-order chi connectivity index (χ1) is 7.73. The summed E-state index contributed by atoms with van der Waals surface area (Å²) in [5, 5.41) is 3.15. The van der Waals surface area contributed by atoms with Crippen molar-refractivity contribution in [2.75, 3.05) is 0 Å². The van der Waals surface area contributed by atoms with E-state index in [9.17, 15) is 8.78 Å². The van der Waals surface area contributed by atoms with Gasteiger partial charge in [0.25, 0.3) is 0 Å². The number of nitrogens with one attached hydrogen (secondary N) is 1. The van der Waals surface area contributed by atoms with E-state index in [0.717, 1.165) is 0 Å². The monoisotopic (exact) mass is 305 g/mol. The molecule has 4 heteroatoms. The topological polar surface area (TPSA) is 12.0 Å². The molecule has 1 unspecified atom stereocenters. The van der Waals surface area contributed by atoms with E-state index in [1.165, 1.54) is 12.1 Å². The van der Waals surface area contributed by atoms with E-state index in [1.807, 2.05) is 6.92 Å². The molecule has 0 radical (unpaired) electrons. The number of rotatable bonds is 3. The van der Waals surface area contributed by atoms with Gasteiger partial charge in [0, 0.05) is 18.2 Å². The van der Waals surface area contributed by atoms with E-state index in [2.05, 4.69) is 42.0 Å². The predicted octanol–water partition coefficient (Wildman–Crippen LogP) is 4.25. The molecule has 0 aliphatic carbocycles. The smallest absolute Gasteiger partial charge is 0.144 e. The van der Waals surface area contributed by atoms with Crippen LogP contribution in [0.5, 0.6) is 0 Å². The number of hydrogen-bond donors (Lipinski definition) is 1. The summed E-state index contributed by atoms with van der Waals surface area (Å²) >= 11 is 3.06. The molecule has 0 saturated carbocycles. The molecule has 0 spiro atoms. The van der Waals surface area contributed by atoms with Crippen LogP contribution in [0.2, 0.25) is 0 Å². The zero-order chi connectivity index (χ0) is 13.2. The number of hydrogen-bond acceptors (Lipinski definition) is 1. The standard InChI is InChI=1S/C13H18BrF2N/c1-8(13(2,3)4)17-7-9-11(15)6-5-10(14)12(9)16/h5-6,8,17H,7H2,1-4H3. The van der Waals surface area contributed by atoms with Crippen LogP contribution in [0.3, 0.4) is 0 Å². The normalized spacial score (nSPS) is 13.8. The molecule has 0 saturated heterocycles. The van der Waals surface area contributed by atoms with E-state index >= 15 is 0 Å². The van der Waals surface area contributed by atoms with E-state index < -0.39 is 11.6 Å². The average molecular weight is 306 g/mol. The average Bonchev–Trinajstić information content (AvgIpc) is 2.22. The van der Waals surface area contributed by atoms with Crippen LogP contribution in [0.4, 0.5) is 8.78 Å². The van der Waals surface area contributed by atoms with Gasteiger partial charge in [0.05, 0.1) is 4.47 Å². The molecule has 1 N–H and O–H groups in total. The number of benzene rings is 1. The van der Waals surface area contributed by atoms with Gasteiger partial charge in [-0.2, -0.15) is 0 Å². The lowest BCUT2D eigenvalue weighted by Crippen LogP contribution is -2.37. The summed E-state index contributed by atoms with van der Waals surface area (Å²) in [5.41, 5.74) is 0.134. The Morgan fingerprint density at radius 1 is 1.29 bits per heavy atom. The number of halogens is 3. The van der Waals surface area contributed by atoms with Gasteiger partial charge in [0.1, 0.15) is 11.6 Å². The highest BCUT2D eigenvalue weighted by Crippen LogP contribution is 2.23. The van der Waals surface area contributed by atoms with Crippen molar-refractivity contribution in [3.8, 4) is 0 Å². The van der Waals surface area contributed by atoms with Crippen LogP contribution in [0.25, 0.3) is 0 Å². The second-order valence-electron chi connectivity index (χ2n) is 5.29. The molecule has 1 aromatic carbocycles. The van der Waals surface area contributed by atoms with Crippen molar-refractivity contribution in [3.05, 3.63) is 33.8 Å². The van der Waals surface area contributed by atoms with Crippen molar-refractivity contribution in [2.24, 2.45) is 5.41 Å². The van der Waals surface area contributed by atoms with Gasteiger partial charge < -0.3 is 5.32 Å². The molecular formula is C13H18BrF2N. The molecule has 0 aromatic heterocycles. The van der Waals surface area contributed by atoms with Crippen molar-refractivity contribution < 1.29 is 8.78 Å². The Balaban J connectivity index is 2.80. The Morgan fingerprint density at radius 3 is 2.41 bits per heavy atom. The maximum atomic E-state index is 13.7. The molecule has 96 valence electrons. The molecule has 0 aliphatic heterocycles. The largest absolute Gasteiger partial charge is 0.309 e. The first kappa shape index (κ1) is 14.6. The quantitative estimate of drug-likeness (QED) is 0.823. The Kier molecular flexibility index (Phi) is 4.67. The van der Waals surface area contributed by atoms with Gasteiger partial charge >= 0.3 is 0 Å². The van der Waals surface area contributed by atoms with Crippen molar-refractivity contribution >= 4 is 15.9 Å². The minimum atomic E-state index is -0.529. The molecule has 0 amide bonds. The molecule has 0 bridgehead atoms. The third-order valence-corrected chi connectivity index (χ3v) is 3.64. The van der Waals surface area contributed by atoms with Gasteiger partial charge in [0.2, 0.25) is 0 Å². The van der Waals surface area contributed by atoms with Gasteiger partial charge in [-0.1, -0.05) is 20.8 Å². The summed E-state index contributed by atoms with van der Waals surface area (Å²) < 4.78 is 27.5. The Hall–Kier alpha value is -0.480. The van der Waals surface area contributed by atoms with Gasteiger partial charge in [-0.05, 0) is 40.4 Å². The lowest BCUT2D eigenvalue weighted by Gasteiger charge is -2.28. The van der Waals surface area contributed by atoms with E-state index in [-0.39, 0.29) is 23.6 Å². The minimum Gasteiger partial charge on any atom is -0.309 e. The molecular weight excluding hydrogens is 288 g/mol. The van der Waals surface area contributed by atoms with Gasteiger partial charge in [-0.15, -0.1) is 0 Å². The lowest BCUT2D eigenvalue weighted by molar-refractivity contribution is 0.282. The second kappa shape index (κ2) is 5.44. The molecule has 1 aromatic rings. The maximum Gasteiger partial charge on any atom is 0.144 e. The highest BCUT2D eigenvalue weighted by molar-refractivity contribution is 9.10. The summed E-state index contributed by atoms with van der Waals surface area (Å²) in [6, 6.07) is 2.81. The van der Waals surface area contributed by atoms with Crippen LogP contribution in [-0.4, -0.2) is 6.04 Å². The fourth-order valence-electron chi connectivity index (χ4n) is 1.29. The highest BCUT2D eigenvalue weighted by atomic mass is 79.9. The third kappa shape index (κ3) is 3.75. The summed E-state index contributed by atoms with van der Waals surface area (Å²) in [6.07, 6.45) is 0. The zero-order valence-electron chi connectivity index (χ0n) is 10.6. The zero-order valence-corrected chi connectivity index (χ0v) is 12.2. The molecule has 0 aliphatic rings. The fourth-order valence-corrected chi connectivity index (χ4v) is 1.66. The predicted molar refractivity (Wildman–Crippen MR) is 69.8 cm³/mol. The van der Waals surface area contributed by atoms with E-state index in [4.69, 9.17) is 0 Å². The molecule has 0 fully saturated rings. The van der Waals surface area contributed by atoms with Gasteiger partial charge in [-0.25, -0.2) is 8.78 Å². The Labute approximate surface area is 110 Å². The molecule has 0 heterocycles. The van der Waals surface area contributed by atoms with Crippen LogP contribution in [0.1, 0.15) is 33.3 Å². The lowest BCUT2D eigenvalue weighted by atomic mass is 9.88. The first-order valence-corrected chi connectivity index (χ1v) is 6.38. The van der Waals surface area contributed by atoms with Crippen molar-refractivity contribution in [1.29, 1.82) is 0 Å². The maximum absolute atomic E-state index is 13.7. The van der Waals surface area contributed by atoms with Gasteiger partial charge in [0.15, 0.2) is 0 Å². The minimum absolute atomic E-state index is 0.0545. The van der Waals surface area contributed by atoms with E-state index in [0.29, 0.717) is 4.47 Å². The van der Waals surface area contributed by atoms with Crippen LogP contribution in [0, 0.1) is 17.0 Å². The van der Waals surface area contributed by atoms with Crippen molar-refractivity contribution in [3.63, 3.8) is 0 Å². The second-order valence-corrected chi connectivity index (χ2v) is 6.14. The van der Waals surface area contributed by atoms with Gasteiger partial charge in [-0.3, -0.25) is 0 Å². The first-order valence-electron chi connectivity index (χ1n) is 5.59. The highest BCUT2D eigenvalue weighted by Gasteiger charge is 2.20. The third-order valence-electron chi connectivity index (χ3n) is 3.02. The summed E-state index contributed by atoms with van der Waals surface area (Å²) in [4.78, 5) is 0. The van der Waals surface area contributed by atoms with Crippen LogP contribution >= 0.6 is 15.9 Å². The summed E-state index contributed by atoms with van der Waals surface area (Å²) in [6.45, 7) is 8.44. The van der Waals surface area contributed by atoms with Crippen molar-refractivity contribution in [2.45, 2.75) is 40.3 Å².